The molecule has 2 heterocycles. The molecule has 0 spiro atoms. The lowest BCUT2D eigenvalue weighted by Gasteiger charge is -2.42. The van der Waals surface area contributed by atoms with Crippen LogP contribution in [-0.4, -0.2) is 142 Å². The van der Waals surface area contributed by atoms with Crippen LogP contribution in [0.3, 0.4) is 0 Å². The van der Waals surface area contributed by atoms with E-state index in [0.29, 0.717) is 12.8 Å². The Morgan fingerprint density at radius 3 is 1.64 bits per heavy atom. The highest BCUT2D eigenvalue weighted by atomic mass is 16.7. The van der Waals surface area contributed by atoms with Gasteiger partial charge in [-0.3, -0.25) is 9.59 Å². The molecule has 0 radical (unpaired) electrons. The van der Waals surface area contributed by atoms with E-state index in [9.17, 15) is 45.3 Å². The molecule has 2 fully saturated rings. The third-order valence-corrected chi connectivity index (χ3v) is 9.99. The Kier molecular flexibility index (Phi) is 26.4. The zero-order valence-electron chi connectivity index (χ0n) is 33.2. The highest BCUT2D eigenvalue weighted by molar-refractivity contribution is 5.70. The van der Waals surface area contributed by atoms with Crippen molar-refractivity contribution in [3.63, 3.8) is 0 Å². The maximum absolute atomic E-state index is 12.8. The van der Waals surface area contributed by atoms with Crippen molar-refractivity contribution in [1.82, 2.24) is 0 Å². The van der Waals surface area contributed by atoms with Gasteiger partial charge in [-0.2, -0.15) is 0 Å². The zero-order chi connectivity index (χ0) is 40.4. The Hall–Kier alpha value is -1.76. The lowest BCUT2D eigenvalue weighted by atomic mass is 9.98. The van der Waals surface area contributed by atoms with Crippen LogP contribution in [-0.2, 0) is 38.0 Å². The van der Waals surface area contributed by atoms with Crippen LogP contribution >= 0.6 is 0 Å². The van der Waals surface area contributed by atoms with E-state index in [2.05, 4.69) is 19.1 Å². The molecule has 2 rings (SSSR count). The van der Waals surface area contributed by atoms with Gasteiger partial charge in [0.2, 0.25) is 0 Å². The predicted molar refractivity (Wildman–Crippen MR) is 201 cm³/mol. The number of carbonyl (C=O) groups excluding carboxylic acids is 2. The van der Waals surface area contributed by atoms with E-state index in [1.807, 2.05) is 6.92 Å². The van der Waals surface area contributed by atoms with Gasteiger partial charge < -0.3 is 64.2 Å². The van der Waals surface area contributed by atoms with Crippen molar-refractivity contribution < 1.29 is 73.8 Å². The van der Waals surface area contributed by atoms with Crippen molar-refractivity contribution >= 4 is 11.9 Å². The summed E-state index contributed by atoms with van der Waals surface area (Å²) in [7, 11) is 0. The third-order valence-electron chi connectivity index (χ3n) is 9.99. The Balaban J connectivity index is 1.80. The molecule has 0 aliphatic carbocycles. The monoisotopic (exact) mass is 792 g/mol. The van der Waals surface area contributed by atoms with Crippen molar-refractivity contribution in [2.24, 2.45) is 0 Å². The van der Waals surface area contributed by atoms with Gasteiger partial charge in [-0.15, -0.1) is 0 Å². The van der Waals surface area contributed by atoms with E-state index in [-0.39, 0.29) is 26.1 Å². The van der Waals surface area contributed by atoms with Crippen molar-refractivity contribution in [2.45, 2.75) is 203 Å². The van der Waals surface area contributed by atoms with E-state index in [1.165, 1.54) is 44.9 Å². The minimum atomic E-state index is -1.76. The van der Waals surface area contributed by atoms with Crippen LogP contribution in [0.1, 0.15) is 136 Å². The summed E-state index contributed by atoms with van der Waals surface area (Å²) in [6.07, 6.45) is 6.54. The van der Waals surface area contributed by atoms with Crippen molar-refractivity contribution in [2.75, 3.05) is 26.4 Å². The van der Waals surface area contributed by atoms with Gasteiger partial charge in [0, 0.05) is 12.8 Å². The van der Waals surface area contributed by atoms with Gasteiger partial charge in [-0.05, 0) is 38.5 Å². The first-order chi connectivity index (χ1) is 26.5. The summed E-state index contributed by atoms with van der Waals surface area (Å²) in [6, 6.07) is 0. The summed E-state index contributed by atoms with van der Waals surface area (Å²) in [5, 5.41) is 71.4. The number of unbranched alkanes of at least 4 members (excludes halogenated alkanes) is 14. The minimum Gasteiger partial charge on any atom is -0.462 e. The van der Waals surface area contributed by atoms with Gasteiger partial charge in [-0.25, -0.2) is 0 Å². The topological polar surface area (TPSA) is 231 Å². The maximum Gasteiger partial charge on any atom is 0.306 e. The fourth-order valence-corrected chi connectivity index (χ4v) is 6.44. The van der Waals surface area contributed by atoms with E-state index in [0.717, 1.165) is 51.4 Å². The number of aliphatic hydroxyl groups excluding tert-OH is 7. The lowest BCUT2D eigenvalue weighted by Crippen LogP contribution is -2.61. The number of hydrogen-bond acceptors (Lipinski definition) is 15. The van der Waals surface area contributed by atoms with Gasteiger partial charge in [0.05, 0.1) is 19.8 Å². The van der Waals surface area contributed by atoms with Crippen molar-refractivity contribution in [3.8, 4) is 0 Å². The first kappa shape index (κ1) is 49.4. The second kappa shape index (κ2) is 29.5. The smallest absolute Gasteiger partial charge is 0.306 e. The predicted octanol–water partition coefficient (Wildman–Crippen LogP) is 3.09. The van der Waals surface area contributed by atoms with E-state index in [1.54, 1.807) is 0 Å². The summed E-state index contributed by atoms with van der Waals surface area (Å²) in [5.41, 5.74) is 0. The highest BCUT2D eigenvalue weighted by Crippen LogP contribution is 2.26. The first-order valence-corrected chi connectivity index (χ1v) is 20.8. The molecule has 11 atom stereocenters. The Morgan fingerprint density at radius 2 is 1.04 bits per heavy atom. The minimum absolute atomic E-state index is 0.157. The molecule has 2 aliphatic heterocycles. The number of carbonyl (C=O) groups is 2. The molecule has 0 aromatic rings. The van der Waals surface area contributed by atoms with E-state index < -0.39 is 92.7 Å². The molecular weight excluding hydrogens is 720 g/mol. The second-order valence-electron chi connectivity index (χ2n) is 14.8. The van der Waals surface area contributed by atoms with Crippen molar-refractivity contribution in [3.05, 3.63) is 12.2 Å². The molecule has 2 aliphatic rings. The van der Waals surface area contributed by atoms with Crippen LogP contribution in [0.5, 0.6) is 0 Å². The molecule has 2 saturated heterocycles. The highest BCUT2D eigenvalue weighted by Gasteiger charge is 2.47. The van der Waals surface area contributed by atoms with E-state index >= 15 is 0 Å². The molecule has 15 nitrogen and oxygen atoms in total. The quantitative estimate of drug-likeness (QED) is 0.0315. The molecule has 0 amide bonds. The molecule has 0 saturated carbocycles. The maximum atomic E-state index is 12.8. The fourth-order valence-electron chi connectivity index (χ4n) is 6.44. The van der Waals surface area contributed by atoms with Crippen LogP contribution < -0.4 is 0 Å². The summed E-state index contributed by atoms with van der Waals surface area (Å²) >= 11 is 0. The number of aliphatic hydroxyl groups is 7. The summed E-state index contributed by atoms with van der Waals surface area (Å²) in [5.74, 6) is -0.963. The molecule has 15 heteroatoms. The van der Waals surface area contributed by atoms with Crippen LogP contribution in [0.25, 0.3) is 0 Å². The zero-order valence-corrected chi connectivity index (χ0v) is 33.2. The number of rotatable bonds is 30. The average molecular weight is 793 g/mol. The largest absolute Gasteiger partial charge is 0.462 e. The first-order valence-electron chi connectivity index (χ1n) is 20.8. The standard InChI is InChI=1S/C40H72O15/c1-3-5-7-8-9-10-11-12-13-14-15-16-17-18-19-21-23-32(43)53-28(25-50-31(42)22-20-6-4-2)26-51-39-38(49)36(47)34(45)30(55-39)27-52-40-37(48)35(46)33(44)29(24-41)54-40/h13-14,28-30,33-41,44-49H,3-12,15-27H2,1-2H3/b14-13-. The van der Waals surface area contributed by atoms with Gasteiger partial charge in [0.25, 0.3) is 0 Å². The van der Waals surface area contributed by atoms with Gasteiger partial charge in [0.1, 0.15) is 55.4 Å². The van der Waals surface area contributed by atoms with Crippen LogP contribution in [0, 0.1) is 0 Å². The van der Waals surface area contributed by atoms with Crippen LogP contribution in [0.4, 0.5) is 0 Å². The molecule has 0 aromatic heterocycles. The normalized spacial score (nSPS) is 29.0. The number of ether oxygens (including phenoxy) is 6. The van der Waals surface area contributed by atoms with Gasteiger partial charge in [0.15, 0.2) is 18.7 Å². The Morgan fingerprint density at radius 1 is 0.564 bits per heavy atom. The molecule has 0 bridgehead atoms. The van der Waals surface area contributed by atoms with Crippen LogP contribution in [0.2, 0.25) is 0 Å². The van der Waals surface area contributed by atoms with E-state index in [4.69, 9.17) is 28.4 Å². The molecule has 322 valence electrons. The summed E-state index contributed by atoms with van der Waals surface area (Å²) in [6.45, 7) is 2.35. The van der Waals surface area contributed by atoms with Gasteiger partial charge in [-0.1, -0.05) is 96.6 Å². The molecule has 0 aromatic carbocycles. The Labute approximate surface area is 327 Å². The molecule has 55 heavy (non-hydrogen) atoms. The number of allylic oxidation sites excluding steroid dienone is 2. The Bertz CT molecular complexity index is 1030. The van der Waals surface area contributed by atoms with Crippen LogP contribution in [0.15, 0.2) is 12.2 Å². The lowest BCUT2D eigenvalue weighted by molar-refractivity contribution is -0.332. The number of esters is 2. The molecule has 7 N–H and O–H groups in total. The number of hydrogen-bond donors (Lipinski definition) is 7. The molecular formula is C40H72O15. The van der Waals surface area contributed by atoms with Crippen molar-refractivity contribution in [1.29, 1.82) is 0 Å². The second-order valence-corrected chi connectivity index (χ2v) is 14.8. The third kappa shape index (κ3) is 19.5. The summed E-state index contributed by atoms with van der Waals surface area (Å²) < 4.78 is 33.1. The summed E-state index contributed by atoms with van der Waals surface area (Å²) in [4.78, 5) is 25.1. The average Bonchev–Trinajstić information content (AvgIpc) is 3.17. The van der Waals surface area contributed by atoms with Gasteiger partial charge >= 0.3 is 11.9 Å². The SMILES string of the molecule is CCCCCCCCC/C=C\CCCCCCCC(=O)OC(COC(=O)CCCCC)COC1OC(COC2OC(CO)C(O)C(O)C2O)C(O)C(O)C1O. The fraction of sp³-hybridized carbons (Fsp3) is 0.900. The molecule has 11 unspecified atom stereocenters.